The molecule has 6 nitrogen and oxygen atoms in total. The summed E-state index contributed by atoms with van der Waals surface area (Å²) < 4.78 is 8.47. The van der Waals surface area contributed by atoms with Crippen molar-refractivity contribution in [3.63, 3.8) is 0 Å². The highest BCUT2D eigenvalue weighted by atomic mass is 79.9. The number of hydrogen-bond donors (Lipinski definition) is 1. The van der Waals surface area contributed by atoms with Gasteiger partial charge in [-0.25, -0.2) is 9.67 Å². The first kappa shape index (κ1) is 16.3. The van der Waals surface area contributed by atoms with Crippen LogP contribution in [0.15, 0.2) is 29.1 Å². The van der Waals surface area contributed by atoms with Crippen LogP contribution in [0, 0.1) is 0 Å². The Bertz CT molecular complexity index is 808. The van der Waals surface area contributed by atoms with E-state index in [4.69, 9.17) is 4.74 Å². The van der Waals surface area contributed by atoms with Crippen molar-refractivity contribution in [1.82, 2.24) is 25.0 Å². The lowest BCUT2D eigenvalue weighted by Crippen LogP contribution is -2.22. The zero-order valence-electron chi connectivity index (χ0n) is 13.5. The molecule has 0 aromatic carbocycles. The van der Waals surface area contributed by atoms with E-state index < -0.39 is 8.07 Å². The van der Waals surface area contributed by atoms with Gasteiger partial charge in [0.2, 0.25) is 0 Å². The molecule has 0 fully saturated rings. The highest BCUT2D eigenvalue weighted by Gasteiger charge is 2.13. The van der Waals surface area contributed by atoms with Gasteiger partial charge in [-0.3, -0.25) is 5.10 Å². The van der Waals surface area contributed by atoms with E-state index in [1.165, 1.54) is 0 Å². The van der Waals surface area contributed by atoms with E-state index in [9.17, 15) is 0 Å². The van der Waals surface area contributed by atoms with Crippen molar-refractivity contribution in [3.8, 4) is 11.3 Å². The van der Waals surface area contributed by atoms with Crippen LogP contribution in [0.4, 0.5) is 0 Å². The standard InChI is InChI=1S/C15H20BrN5OSi/c1-23(2,3)5-4-22-10-21-15-12(8-19-21)6-11(7-17-15)14-13(16)9-18-20-14/h6-9H,4-5,10H2,1-3H3,(H,18,20). The van der Waals surface area contributed by atoms with E-state index in [0.717, 1.165) is 39.4 Å². The second-order valence-corrected chi connectivity index (χ2v) is 13.2. The van der Waals surface area contributed by atoms with Gasteiger partial charge >= 0.3 is 0 Å². The van der Waals surface area contributed by atoms with Crippen molar-refractivity contribution in [2.45, 2.75) is 32.4 Å². The number of halogens is 1. The summed E-state index contributed by atoms with van der Waals surface area (Å²) in [7, 11) is -1.06. The van der Waals surface area contributed by atoms with Gasteiger partial charge in [-0.15, -0.1) is 0 Å². The molecule has 0 unspecified atom stereocenters. The molecule has 3 aromatic rings. The molecule has 8 heteroatoms. The predicted octanol–water partition coefficient (Wildman–Crippen LogP) is 3.90. The number of rotatable bonds is 6. The number of aromatic amines is 1. The molecule has 0 saturated heterocycles. The van der Waals surface area contributed by atoms with E-state index in [1.807, 2.05) is 18.5 Å². The lowest BCUT2D eigenvalue weighted by Gasteiger charge is -2.15. The Morgan fingerprint density at radius 3 is 2.78 bits per heavy atom. The molecule has 23 heavy (non-hydrogen) atoms. The van der Waals surface area contributed by atoms with E-state index in [0.29, 0.717) is 6.73 Å². The van der Waals surface area contributed by atoms with E-state index >= 15 is 0 Å². The summed E-state index contributed by atoms with van der Waals surface area (Å²) in [6.45, 7) is 8.24. The fraction of sp³-hybridized carbons (Fsp3) is 0.400. The fourth-order valence-corrected chi connectivity index (χ4v) is 3.38. The van der Waals surface area contributed by atoms with Gasteiger partial charge in [-0.2, -0.15) is 10.2 Å². The average Bonchev–Trinajstić information content (AvgIpc) is 3.08. The highest BCUT2D eigenvalue weighted by Crippen LogP contribution is 2.27. The Morgan fingerprint density at radius 2 is 2.09 bits per heavy atom. The predicted molar refractivity (Wildman–Crippen MR) is 96.9 cm³/mol. The van der Waals surface area contributed by atoms with Crippen molar-refractivity contribution in [2.24, 2.45) is 0 Å². The van der Waals surface area contributed by atoms with Crippen LogP contribution in [-0.2, 0) is 11.5 Å². The summed E-state index contributed by atoms with van der Waals surface area (Å²) in [6.07, 6.45) is 5.37. The van der Waals surface area contributed by atoms with Crippen LogP contribution in [0.5, 0.6) is 0 Å². The topological polar surface area (TPSA) is 68.6 Å². The maximum Gasteiger partial charge on any atom is 0.160 e. The summed E-state index contributed by atoms with van der Waals surface area (Å²) >= 11 is 3.47. The van der Waals surface area contributed by atoms with E-state index in [1.54, 1.807) is 10.9 Å². The number of fused-ring (bicyclic) bond motifs is 1. The number of H-pyrrole nitrogens is 1. The lowest BCUT2D eigenvalue weighted by atomic mass is 10.2. The Morgan fingerprint density at radius 1 is 1.26 bits per heavy atom. The summed E-state index contributed by atoms with van der Waals surface area (Å²) in [4.78, 5) is 4.53. The summed E-state index contributed by atoms with van der Waals surface area (Å²) in [5, 5.41) is 12.3. The second kappa shape index (κ2) is 6.54. The van der Waals surface area contributed by atoms with Crippen molar-refractivity contribution in [3.05, 3.63) is 29.1 Å². The molecule has 0 aliphatic rings. The van der Waals surface area contributed by atoms with Crippen molar-refractivity contribution in [1.29, 1.82) is 0 Å². The number of hydrogen-bond acceptors (Lipinski definition) is 4. The van der Waals surface area contributed by atoms with Gasteiger partial charge in [0.15, 0.2) is 5.65 Å². The average molecular weight is 394 g/mol. The van der Waals surface area contributed by atoms with Crippen LogP contribution in [0.25, 0.3) is 22.3 Å². The Balaban J connectivity index is 1.73. The molecule has 0 saturated carbocycles. The van der Waals surface area contributed by atoms with E-state index in [-0.39, 0.29) is 0 Å². The largest absolute Gasteiger partial charge is 0.359 e. The summed E-state index contributed by atoms with van der Waals surface area (Å²) in [6, 6.07) is 3.20. The van der Waals surface area contributed by atoms with Gasteiger partial charge in [0.05, 0.1) is 22.6 Å². The molecular formula is C15H20BrN5OSi. The SMILES string of the molecule is C[Si](C)(C)CCOCn1ncc2cc(-c3[nH]ncc3Br)cnc21. The third-order valence-corrected chi connectivity index (χ3v) is 5.87. The Labute approximate surface area is 144 Å². The number of ether oxygens (including phenoxy) is 1. The third-order valence-electron chi connectivity index (χ3n) is 3.57. The molecule has 3 aromatic heterocycles. The van der Waals surface area contributed by atoms with Gasteiger partial charge in [0, 0.05) is 31.8 Å². The quantitative estimate of drug-likeness (QED) is 0.509. The van der Waals surface area contributed by atoms with E-state index in [2.05, 4.69) is 55.9 Å². The Kier molecular flexibility index (Phi) is 4.65. The second-order valence-electron chi connectivity index (χ2n) is 6.72. The van der Waals surface area contributed by atoms with Gasteiger partial charge < -0.3 is 4.74 Å². The number of nitrogens with zero attached hydrogens (tertiary/aromatic N) is 4. The minimum Gasteiger partial charge on any atom is -0.359 e. The van der Waals surface area contributed by atoms with Crippen LogP contribution in [0.3, 0.4) is 0 Å². The molecule has 0 aliphatic carbocycles. The fourth-order valence-electron chi connectivity index (χ4n) is 2.21. The normalized spacial score (nSPS) is 12.2. The molecule has 3 rings (SSSR count). The molecule has 0 amide bonds. The number of pyridine rings is 1. The van der Waals surface area contributed by atoms with Crippen molar-refractivity contribution in [2.75, 3.05) is 6.61 Å². The van der Waals surface area contributed by atoms with Crippen LogP contribution in [0.2, 0.25) is 25.7 Å². The lowest BCUT2D eigenvalue weighted by molar-refractivity contribution is 0.0813. The molecule has 0 spiro atoms. The third kappa shape index (κ3) is 3.88. The first-order valence-electron chi connectivity index (χ1n) is 7.52. The van der Waals surface area contributed by atoms with Gasteiger partial charge in [-0.05, 0) is 28.0 Å². The first-order chi connectivity index (χ1) is 10.9. The van der Waals surface area contributed by atoms with Gasteiger partial charge in [-0.1, -0.05) is 19.6 Å². The Hall–Kier alpha value is -1.51. The molecule has 1 N–H and O–H groups in total. The zero-order valence-corrected chi connectivity index (χ0v) is 16.1. The van der Waals surface area contributed by atoms with Crippen molar-refractivity contribution < 1.29 is 4.74 Å². The maximum absolute atomic E-state index is 5.76. The first-order valence-corrected chi connectivity index (χ1v) is 12.0. The molecule has 0 atom stereocenters. The van der Waals surface area contributed by atoms with Crippen LogP contribution in [0.1, 0.15) is 0 Å². The molecule has 0 bridgehead atoms. The molecule has 0 radical (unpaired) electrons. The zero-order chi connectivity index (χ0) is 16.4. The van der Waals surface area contributed by atoms with Crippen LogP contribution < -0.4 is 0 Å². The monoisotopic (exact) mass is 393 g/mol. The highest BCUT2D eigenvalue weighted by molar-refractivity contribution is 9.10. The number of aromatic nitrogens is 5. The molecule has 122 valence electrons. The van der Waals surface area contributed by atoms with Crippen molar-refractivity contribution >= 4 is 35.0 Å². The van der Waals surface area contributed by atoms with Gasteiger partial charge in [0.1, 0.15) is 6.73 Å². The number of nitrogens with one attached hydrogen (secondary N) is 1. The van der Waals surface area contributed by atoms with Crippen LogP contribution >= 0.6 is 15.9 Å². The minimum absolute atomic E-state index is 0.439. The molecule has 3 heterocycles. The van der Waals surface area contributed by atoms with Gasteiger partial charge in [0.25, 0.3) is 0 Å². The summed E-state index contributed by atoms with van der Waals surface area (Å²) in [5.74, 6) is 0. The summed E-state index contributed by atoms with van der Waals surface area (Å²) in [5.41, 5.74) is 2.72. The maximum atomic E-state index is 5.76. The van der Waals surface area contributed by atoms with Crippen LogP contribution in [-0.4, -0.2) is 39.6 Å². The smallest absolute Gasteiger partial charge is 0.160 e. The molecule has 0 aliphatic heterocycles. The molecular weight excluding hydrogens is 374 g/mol. The minimum atomic E-state index is -1.06.